The fourth-order valence-electron chi connectivity index (χ4n) is 3.25. The summed E-state index contributed by atoms with van der Waals surface area (Å²) in [6.07, 6.45) is 11.3. The van der Waals surface area contributed by atoms with Crippen LogP contribution >= 0.6 is 0 Å². The number of anilines is 3. The second kappa shape index (κ2) is 9.90. The van der Waals surface area contributed by atoms with Crippen LogP contribution in [0.5, 0.6) is 5.75 Å². The van der Waals surface area contributed by atoms with E-state index >= 15 is 0 Å². The lowest BCUT2D eigenvalue weighted by molar-refractivity contribution is 0.162. The zero-order chi connectivity index (χ0) is 21.5. The van der Waals surface area contributed by atoms with E-state index in [0.717, 1.165) is 54.2 Å². The summed E-state index contributed by atoms with van der Waals surface area (Å²) in [5, 5.41) is 14.0. The Morgan fingerprint density at radius 1 is 1.13 bits per heavy atom. The van der Waals surface area contributed by atoms with Crippen molar-refractivity contribution in [3.63, 3.8) is 0 Å². The molecule has 1 saturated heterocycles. The van der Waals surface area contributed by atoms with E-state index in [2.05, 4.69) is 43.0 Å². The molecule has 0 radical (unpaired) electrons. The van der Waals surface area contributed by atoms with Gasteiger partial charge in [-0.05, 0) is 69.3 Å². The normalized spacial score (nSPS) is 17.7. The van der Waals surface area contributed by atoms with Crippen LogP contribution < -0.4 is 26.1 Å². The summed E-state index contributed by atoms with van der Waals surface area (Å²) in [5.41, 5.74) is 6.16. The number of hydrogen-bond donors (Lipinski definition) is 4. The van der Waals surface area contributed by atoms with Crippen molar-refractivity contribution in [2.75, 3.05) is 23.7 Å². The van der Waals surface area contributed by atoms with Gasteiger partial charge in [-0.15, -0.1) is 0 Å². The van der Waals surface area contributed by atoms with Crippen molar-refractivity contribution < 1.29 is 4.74 Å². The van der Waals surface area contributed by atoms with Gasteiger partial charge in [-0.3, -0.25) is 5.43 Å². The van der Waals surface area contributed by atoms with Gasteiger partial charge in [-0.2, -0.15) is 10.1 Å². The first-order valence-electron chi connectivity index (χ1n) is 10.4. The summed E-state index contributed by atoms with van der Waals surface area (Å²) < 4.78 is 6.06. The van der Waals surface area contributed by atoms with Crippen LogP contribution in [0.1, 0.15) is 18.4 Å². The van der Waals surface area contributed by atoms with Crippen molar-refractivity contribution in [2.45, 2.75) is 25.9 Å². The van der Waals surface area contributed by atoms with Gasteiger partial charge in [0, 0.05) is 34.9 Å². The Morgan fingerprint density at radius 2 is 1.94 bits per heavy atom. The number of ether oxygens (including phenoxy) is 1. The first-order chi connectivity index (χ1) is 15.2. The van der Waals surface area contributed by atoms with Crippen LogP contribution in [0.2, 0.25) is 0 Å². The monoisotopic (exact) mass is 417 g/mol. The third-order valence-electron chi connectivity index (χ3n) is 5.00. The standard InChI is InChI=1S/C23H27N7O/c1-16-15-27-26-11-3-4-21(16)29-22-17(2)14-25-23(30-22)28-18-5-7-19(8-6-18)31-20-9-12-24-13-10-20/h3-8,11,14-15,20,24,26H,1,9-10,12-13H2,2H3,(H2,25,28,29,30)/b11-3?,21-4?,27-15-. The maximum Gasteiger partial charge on any atom is 0.229 e. The molecule has 8 heteroatoms. The molecule has 2 aromatic rings. The third kappa shape index (κ3) is 5.70. The molecule has 8 nitrogen and oxygen atoms in total. The van der Waals surface area contributed by atoms with Gasteiger partial charge in [0.1, 0.15) is 17.7 Å². The second-order valence-corrected chi connectivity index (χ2v) is 7.42. The van der Waals surface area contributed by atoms with Crippen LogP contribution in [0, 0.1) is 6.92 Å². The number of hydrogen-bond acceptors (Lipinski definition) is 8. The van der Waals surface area contributed by atoms with Crippen LogP contribution in [-0.2, 0) is 0 Å². The van der Waals surface area contributed by atoms with Crippen molar-refractivity contribution >= 4 is 23.7 Å². The number of nitrogens with one attached hydrogen (secondary N) is 4. The Bertz CT molecular complexity index is 1010. The first kappa shape index (κ1) is 20.6. The maximum absolute atomic E-state index is 6.06. The van der Waals surface area contributed by atoms with Crippen molar-refractivity contribution in [3.8, 4) is 5.75 Å². The Labute approximate surface area is 182 Å². The molecule has 160 valence electrons. The van der Waals surface area contributed by atoms with Crippen LogP contribution in [0.15, 0.2) is 71.8 Å². The minimum atomic E-state index is 0.280. The molecular weight excluding hydrogens is 390 g/mol. The molecule has 0 atom stereocenters. The summed E-state index contributed by atoms with van der Waals surface area (Å²) in [6.45, 7) is 8.01. The van der Waals surface area contributed by atoms with Crippen molar-refractivity contribution in [3.05, 3.63) is 72.2 Å². The molecular formula is C23H27N7O. The fourth-order valence-corrected chi connectivity index (χ4v) is 3.25. The number of aromatic nitrogens is 2. The van der Waals surface area contributed by atoms with Crippen LogP contribution in [-0.4, -0.2) is 35.4 Å². The predicted molar refractivity (Wildman–Crippen MR) is 125 cm³/mol. The Kier molecular flexibility index (Phi) is 6.59. The van der Waals surface area contributed by atoms with Crippen molar-refractivity contribution in [1.82, 2.24) is 20.7 Å². The minimum Gasteiger partial charge on any atom is -0.490 e. The van der Waals surface area contributed by atoms with Gasteiger partial charge in [-0.25, -0.2) is 4.98 Å². The smallest absolute Gasteiger partial charge is 0.229 e. The molecule has 0 bridgehead atoms. The van der Waals surface area contributed by atoms with Crippen LogP contribution in [0.3, 0.4) is 0 Å². The lowest BCUT2D eigenvalue weighted by Gasteiger charge is -2.23. The maximum atomic E-state index is 6.06. The van der Waals surface area contributed by atoms with Gasteiger partial charge < -0.3 is 20.7 Å². The fraction of sp³-hybridized carbons (Fsp3) is 0.261. The highest BCUT2D eigenvalue weighted by Gasteiger charge is 2.14. The SMILES string of the molecule is C=C1/C=N\NC=CC=C1Nc1nc(Nc2ccc(OC3CCNCC3)cc2)ncc1C. The number of hydrazone groups is 1. The Hall–Kier alpha value is -3.65. The minimum absolute atomic E-state index is 0.280. The van der Waals surface area contributed by atoms with Gasteiger partial charge in [0.2, 0.25) is 5.95 Å². The highest BCUT2D eigenvalue weighted by atomic mass is 16.5. The van der Waals surface area contributed by atoms with Gasteiger partial charge in [-0.1, -0.05) is 6.58 Å². The lowest BCUT2D eigenvalue weighted by atomic mass is 10.1. The molecule has 2 aliphatic rings. The molecule has 1 fully saturated rings. The zero-order valence-corrected chi connectivity index (χ0v) is 17.6. The van der Waals surface area contributed by atoms with E-state index in [1.165, 1.54) is 0 Å². The van der Waals surface area contributed by atoms with E-state index < -0.39 is 0 Å². The summed E-state index contributed by atoms with van der Waals surface area (Å²) in [6, 6.07) is 7.89. The first-order valence-corrected chi connectivity index (χ1v) is 10.4. The molecule has 1 aromatic carbocycles. The molecule has 3 heterocycles. The van der Waals surface area contributed by atoms with Gasteiger partial charge in [0.05, 0.1) is 6.21 Å². The largest absolute Gasteiger partial charge is 0.490 e. The summed E-state index contributed by atoms with van der Waals surface area (Å²) >= 11 is 0. The number of allylic oxidation sites excluding steroid dienone is 3. The molecule has 0 amide bonds. The molecule has 0 spiro atoms. The third-order valence-corrected chi connectivity index (χ3v) is 5.00. The molecule has 0 saturated carbocycles. The number of rotatable bonds is 6. The highest BCUT2D eigenvalue weighted by Crippen LogP contribution is 2.23. The highest BCUT2D eigenvalue weighted by molar-refractivity contribution is 5.85. The topological polar surface area (TPSA) is 95.5 Å². The van der Waals surface area contributed by atoms with E-state index in [1.54, 1.807) is 18.6 Å². The van der Waals surface area contributed by atoms with Gasteiger partial charge >= 0.3 is 0 Å². The molecule has 31 heavy (non-hydrogen) atoms. The van der Waals surface area contributed by atoms with E-state index in [-0.39, 0.29) is 6.10 Å². The average molecular weight is 418 g/mol. The molecule has 4 N–H and O–H groups in total. The molecule has 4 rings (SSSR count). The van der Waals surface area contributed by atoms with E-state index in [4.69, 9.17) is 4.74 Å². The number of aryl methyl sites for hydroxylation is 1. The lowest BCUT2D eigenvalue weighted by Crippen LogP contribution is -2.34. The molecule has 0 unspecified atom stereocenters. The Morgan fingerprint density at radius 3 is 2.74 bits per heavy atom. The number of benzene rings is 1. The molecule has 2 aliphatic heterocycles. The zero-order valence-electron chi connectivity index (χ0n) is 17.6. The van der Waals surface area contributed by atoms with Crippen molar-refractivity contribution in [2.24, 2.45) is 5.10 Å². The summed E-state index contributed by atoms with van der Waals surface area (Å²) in [7, 11) is 0. The van der Waals surface area contributed by atoms with Crippen LogP contribution in [0.25, 0.3) is 0 Å². The van der Waals surface area contributed by atoms with E-state index in [1.807, 2.05) is 43.3 Å². The average Bonchev–Trinajstić information content (AvgIpc) is 2.78. The molecule has 0 aliphatic carbocycles. The number of nitrogens with zero attached hydrogens (tertiary/aromatic N) is 3. The van der Waals surface area contributed by atoms with E-state index in [9.17, 15) is 0 Å². The van der Waals surface area contributed by atoms with Gasteiger partial charge in [0.25, 0.3) is 0 Å². The molecule has 1 aromatic heterocycles. The van der Waals surface area contributed by atoms with Gasteiger partial charge in [0.15, 0.2) is 0 Å². The summed E-state index contributed by atoms with van der Waals surface area (Å²) in [5.74, 6) is 2.08. The van der Waals surface area contributed by atoms with Crippen molar-refractivity contribution in [1.29, 1.82) is 0 Å². The van der Waals surface area contributed by atoms with E-state index in [0.29, 0.717) is 11.8 Å². The predicted octanol–water partition coefficient (Wildman–Crippen LogP) is 3.61. The quantitative estimate of drug-likeness (QED) is 0.570. The second-order valence-electron chi connectivity index (χ2n) is 7.42. The summed E-state index contributed by atoms with van der Waals surface area (Å²) in [4.78, 5) is 9.03. The van der Waals surface area contributed by atoms with Crippen LogP contribution in [0.4, 0.5) is 17.5 Å². The number of piperidine rings is 1. The Balaban J connectivity index is 1.43.